The smallest absolute Gasteiger partial charge is 0.187 e. The van der Waals surface area contributed by atoms with Gasteiger partial charge in [-0.25, -0.2) is 0 Å². The Morgan fingerprint density at radius 3 is 2.30 bits per heavy atom. The minimum atomic E-state index is -1.45. The molecule has 0 aromatic rings. The van der Waals surface area contributed by atoms with E-state index in [1.165, 1.54) is 11.1 Å². The fourth-order valence-corrected chi connectivity index (χ4v) is 2.93. The van der Waals surface area contributed by atoms with Crippen LogP contribution in [0.2, 0.25) is 0 Å². The summed E-state index contributed by atoms with van der Waals surface area (Å²) < 4.78 is 11.3. The van der Waals surface area contributed by atoms with Gasteiger partial charge in [-0.05, 0) is 53.4 Å². The number of aliphatic hydroxyl groups excluding tert-OH is 4. The van der Waals surface area contributed by atoms with Crippen molar-refractivity contribution in [1.29, 1.82) is 0 Å². The van der Waals surface area contributed by atoms with Gasteiger partial charge in [0.2, 0.25) is 0 Å². The average Bonchev–Trinajstić information content (AvgIpc) is 2.62. The average molecular weight is 385 g/mol. The summed E-state index contributed by atoms with van der Waals surface area (Å²) in [6, 6.07) is 0. The normalized spacial score (nSPS) is 31.3. The molecule has 6 heteroatoms. The molecule has 0 bridgehead atoms. The molecule has 1 aliphatic heterocycles. The molecule has 4 N–H and O–H groups in total. The van der Waals surface area contributed by atoms with E-state index in [0.29, 0.717) is 6.42 Å². The Morgan fingerprint density at radius 1 is 1.07 bits per heavy atom. The van der Waals surface area contributed by atoms with Gasteiger partial charge in [0.15, 0.2) is 6.29 Å². The Bertz CT molecular complexity index is 523. The Labute approximate surface area is 162 Å². The summed E-state index contributed by atoms with van der Waals surface area (Å²) in [5, 5.41) is 39.2. The van der Waals surface area contributed by atoms with Crippen LogP contribution in [0.5, 0.6) is 0 Å². The zero-order valence-electron chi connectivity index (χ0n) is 17.0. The van der Waals surface area contributed by atoms with E-state index >= 15 is 0 Å². The van der Waals surface area contributed by atoms with Crippen molar-refractivity contribution in [2.24, 2.45) is 0 Å². The third-order valence-electron chi connectivity index (χ3n) is 4.89. The van der Waals surface area contributed by atoms with E-state index in [0.717, 1.165) is 19.3 Å². The minimum Gasteiger partial charge on any atom is -0.394 e. The molecular formula is C21H36O6. The molecule has 1 aliphatic rings. The quantitative estimate of drug-likeness (QED) is 0.431. The Balaban J connectivity index is 2.64. The molecule has 1 saturated heterocycles. The van der Waals surface area contributed by atoms with Crippen LogP contribution in [0.25, 0.3) is 0 Å². The van der Waals surface area contributed by atoms with Crippen molar-refractivity contribution in [1.82, 2.24) is 0 Å². The zero-order valence-corrected chi connectivity index (χ0v) is 17.0. The highest BCUT2D eigenvalue weighted by atomic mass is 16.7. The highest BCUT2D eigenvalue weighted by Crippen LogP contribution is 2.29. The van der Waals surface area contributed by atoms with Crippen LogP contribution in [0.4, 0.5) is 0 Å². The predicted octanol–water partition coefficient (Wildman–Crippen LogP) is 2.22. The van der Waals surface area contributed by atoms with Gasteiger partial charge in [-0.1, -0.05) is 29.4 Å². The van der Waals surface area contributed by atoms with E-state index in [1.807, 2.05) is 6.92 Å². The lowest BCUT2D eigenvalue weighted by Gasteiger charge is -2.42. The Kier molecular flexibility index (Phi) is 9.87. The summed E-state index contributed by atoms with van der Waals surface area (Å²) in [7, 11) is 0. The van der Waals surface area contributed by atoms with Gasteiger partial charge < -0.3 is 29.9 Å². The first-order valence-electron chi connectivity index (χ1n) is 9.54. The fraction of sp³-hybridized carbons (Fsp3) is 0.714. The molecule has 1 heterocycles. The van der Waals surface area contributed by atoms with Crippen LogP contribution in [0.15, 0.2) is 36.0 Å². The molecule has 27 heavy (non-hydrogen) atoms. The summed E-state index contributed by atoms with van der Waals surface area (Å²) in [4.78, 5) is 0. The summed E-state index contributed by atoms with van der Waals surface area (Å²) in [6.45, 7) is 11.4. The van der Waals surface area contributed by atoms with Crippen LogP contribution in [0.1, 0.15) is 53.4 Å². The van der Waals surface area contributed by atoms with Gasteiger partial charge in [-0.15, -0.1) is 6.58 Å². The minimum absolute atomic E-state index is 0.483. The van der Waals surface area contributed by atoms with Crippen molar-refractivity contribution < 1.29 is 29.9 Å². The molecule has 0 aliphatic carbocycles. The topological polar surface area (TPSA) is 99.4 Å². The van der Waals surface area contributed by atoms with Crippen LogP contribution < -0.4 is 0 Å². The Hall–Kier alpha value is -1.02. The molecule has 0 aromatic heterocycles. The molecule has 0 radical (unpaired) electrons. The number of hydrogen-bond acceptors (Lipinski definition) is 6. The molecule has 0 amide bonds. The van der Waals surface area contributed by atoms with Gasteiger partial charge >= 0.3 is 0 Å². The monoisotopic (exact) mass is 384 g/mol. The molecule has 0 saturated carbocycles. The lowest BCUT2D eigenvalue weighted by Crippen LogP contribution is -2.60. The first kappa shape index (κ1) is 24.0. The van der Waals surface area contributed by atoms with E-state index in [-0.39, 0.29) is 0 Å². The van der Waals surface area contributed by atoms with Crippen molar-refractivity contribution in [3.63, 3.8) is 0 Å². The lowest BCUT2D eigenvalue weighted by molar-refractivity contribution is -0.319. The molecule has 1 rings (SSSR count). The summed E-state index contributed by atoms with van der Waals surface area (Å²) >= 11 is 0. The van der Waals surface area contributed by atoms with Crippen LogP contribution in [0, 0.1) is 0 Å². The molecular weight excluding hydrogens is 348 g/mol. The SMILES string of the molecule is C=CC(C)(CC/C=C(\C)CCC=C(C)C)O[C@@H]1O[C@H](CO)[C@@H](O)[C@H](O)[C@@H]1O. The molecule has 6 atom stereocenters. The molecule has 0 spiro atoms. The summed E-state index contributed by atoms with van der Waals surface area (Å²) in [6.07, 6.45) is 3.01. The van der Waals surface area contributed by atoms with Gasteiger partial charge in [0, 0.05) is 0 Å². The van der Waals surface area contributed by atoms with Gasteiger partial charge in [-0.2, -0.15) is 0 Å². The van der Waals surface area contributed by atoms with Crippen LogP contribution in [0.3, 0.4) is 0 Å². The van der Waals surface area contributed by atoms with Crippen molar-refractivity contribution in [2.75, 3.05) is 6.61 Å². The van der Waals surface area contributed by atoms with E-state index in [2.05, 4.69) is 39.5 Å². The fourth-order valence-electron chi connectivity index (χ4n) is 2.93. The van der Waals surface area contributed by atoms with Gasteiger partial charge in [-0.3, -0.25) is 0 Å². The zero-order chi connectivity index (χ0) is 20.6. The van der Waals surface area contributed by atoms with Gasteiger partial charge in [0.1, 0.15) is 24.4 Å². The van der Waals surface area contributed by atoms with Gasteiger partial charge in [0.05, 0.1) is 12.2 Å². The van der Waals surface area contributed by atoms with E-state index in [9.17, 15) is 20.4 Å². The molecule has 1 fully saturated rings. The van der Waals surface area contributed by atoms with E-state index in [4.69, 9.17) is 9.47 Å². The maximum Gasteiger partial charge on any atom is 0.187 e. The summed E-state index contributed by atoms with van der Waals surface area (Å²) in [5.74, 6) is 0. The number of allylic oxidation sites excluding steroid dienone is 4. The van der Waals surface area contributed by atoms with E-state index < -0.39 is 42.9 Å². The molecule has 6 nitrogen and oxygen atoms in total. The second-order valence-electron chi connectivity index (χ2n) is 7.74. The number of rotatable bonds is 10. The second-order valence-corrected chi connectivity index (χ2v) is 7.74. The van der Waals surface area contributed by atoms with Crippen molar-refractivity contribution in [3.8, 4) is 0 Å². The number of hydrogen-bond donors (Lipinski definition) is 4. The summed E-state index contributed by atoms with van der Waals surface area (Å²) in [5.41, 5.74) is 1.83. The maximum absolute atomic E-state index is 10.1. The first-order chi connectivity index (χ1) is 12.6. The van der Waals surface area contributed by atoms with Crippen molar-refractivity contribution in [2.45, 2.75) is 89.7 Å². The predicted molar refractivity (Wildman–Crippen MR) is 105 cm³/mol. The number of aliphatic hydroxyl groups is 4. The molecule has 1 unspecified atom stereocenters. The first-order valence-corrected chi connectivity index (χ1v) is 9.54. The number of ether oxygens (including phenoxy) is 2. The van der Waals surface area contributed by atoms with Gasteiger partial charge in [0.25, 0.3) is 0 Å². The Morgan fingerprint density at radius 2 is 1.74 bits per heavy atom. The second kappa shape index (κ2) is 11.1. The highest BCUT2D eigenvalue weighted by Gasteiger charge is 2.45. The highest BCUT2D eigenvalue weighted by molar-refractivity contribution is 5.04. The third-order valence-corrected chi connectivity index (χ3v) is 4.89. The largest absolute Gasteiger partial charge is 0.394 e. The maximum atomic E-state index is 10.1. The van der Waals surface area contributed by atoms with Crippen LogP contribution >= 0.6 is 0 Å². The van der Waals surface area contributed by atoms with E-state index in [1.54, 1.807) is 6.08 Å². The standard InChI is InChI=1S/C21H36O6/c1-6-21(5,12-8-11-15(4)10-7-9-14(2)3)27-20-19(25)18(24)17(23)16(13-22)26-20/h6,9,11,16-20,22-25H,1,7-8,10,12-13H2,2-5H3/b15-11+/t16-,17-,18+,19+,20+,21?/m1/s1. The van der Waals surface area contributed by atoms with Crippen molar-refractivity contribution >= 4 is 0 Å². The third kappa shape index (κ3) is 7.49. The van der Waals surface area contributed by atoms with Crippen LogP contribution in [-0.4, -0.2) is 63.3 Å². The molecule has 156 valence electrons. The van der Waals surface area contributed by atoms with Crippen LogP contribution in [-0.2, 0) is 9.47 Å². The van der Waals surface area contributed by atoms with Crippen molar-refractivity contribution in [3.05, 3.63) is 36.0 Å². The molecule has 0 aromatic carbocycles. The lowest BCUT2D eigenvalue weighted by atomic mass is 9.96.